The normalized spacial score (nSPS) is 13.7. The molecule has 0 saturated carbocycles. The van der Waals surface area contributed by atoms with Crippen LogP contribution in [0.3, 0.4) is 0 Å². The van der Waals surface area contributed by atoms with Gasteiger partial charge in [-0.25, -0.2) is 4.79 Å². The number of carbonyl (C=O) groups excluding carboxylic acids is 1. The summed E-state index contributed by atoms with van der Waals surface area (Å²) < 4.78 is 5.59. The zero-order chi connectivity index (χ0) is 18.3. The van der Waals surface area contributed by atoms with Gasteiger partial charge in [0.2, 0.25) is 0 Å². The minimum absolute atomic E-state index is 0.180. The average molecular weight is 339 g/mol. The number of carbonyl (C=O) groups is 1. The molecular weight excluding hydrogens is 310 g/mol. The third kappa shape index (κ3) is 4.10. The van der Waals surface area contributed by atoms with Crippen molar-refractivity contribution in [2.45, 2.75) is 45.7 Å². The van der Waals surface area contributed by atoms with E-state index in [0.29, 0.717) is 13.0 Å². The summed E-state index contributed by atoms with van der Waals surface area (Å²) in [5, 5.41) is 0. The van der Waals surface area contributed by atoms with E-state index in [4.69, 9.17) is 4.74 Å². The van der Waals surface area contributed by atoms with E-state index in [9.17, 15) is 4.79 Å². The molecule has 0 amide bonds. The minimum Gasteiger partial charge on any atom is -0.464 e. The summed E-state index contributed by atoms with van der Waals surface area (Å²) in [6.45, 7) is 9.36. The summed E-state index contributed by atoms with van der Waals surface area (Å²) >= 11 is 0. The van der Waals surface area contributed by atoms with E-state index in [0.717, 1.165) is 17.7 Å². The second kappa shape index (κ2) is 8.82. The number of nitrogens with zero attached hydrogens (tertiary/aromatic N) is 1. The van der Waals surface area contributed by atoms with Gasteiger partial charge < -0.3 is 4.74 Å². The Balaban J connectivity index is 2.65. The Hall–Kier alpha value is -2.13. The second-order valence-electron chi connectivity index (χ2n) is 6.49. The van der Waals surface area contributed by atoms with Gasteiger partial charge in [-0.3, -0.25) is 4.90 Å². The van der Waals surface area contributed by atoms with Gasteiger partial charge in [-0.15, -0.1) is 0 Å². The van der Waals surface area contributed by atoms with E-state index in [1.165, 1.54) is 0 Å². The van der Waals surface area contributed by atoms with E-state index < -0.39 is 5.54 Å². The highest BCUT2D eigenvalue weighted by molar-refractivity contribution is 5.83. The van der Waals surface area contributed by atoms with Crippen LogP contribution in [0.2, 0.25) is 0 Å². The molecular formula is C22H29NO2. The average Bonchev–Trinajstić information content (AvgIpc) is 2.63. The van der Waals surface area contributed by atoms with Gasteiger partial charge in [-0.2, -0.15) is 0 Å². The Kier molecular flexibility index (Phi) is 6.77. The quantitative estimate of drug-likeness (QED) is 0.667. The van der Waals surface area contributed by atoms with E-state index in [2.05, 4.69) is 37.8 Å². The molecule has 0 aliphatic heterocycles. The predicted molar refractivity (Wildman–Crippen MR) is 102 cm³/mol. The van der Waals surface area contributed by atoms with Crippen LogP contribution in [-0.4, -0.2) is 30.1 Å². The number of esters is 1. The lowest BCUT2D eigenvalue weighted by Gasteiger charge is -2.44. The van der Waals surface area contributed by atoms with Crippen LogP contribution in [0, 0.1) is 0 Å². The molecule has 2 rings (SSSR count). The summed E-state index contributed by atoms with van der Waals surface area (Å²) in [5.41, 5.74) is 1.27. The third-order valence-electron chi connectivity index (χ3n) is 4.62. The first-order chi connectivity index (χ1) is 12.1. The maximum absolute atomic E-state index is 13.3. The van der Waals surface area contributed by atoms with Crippen molar-refractivity contribution in [3.8, 4) is 0 Å². The Morgan fingerprint density at radius 1 is 1.00 bits per heavy atom. The standard InChI is InChI=1S/C22H29NO2/c1-5-23(18(3)4)22(21(24)25-6-2,20-15-11-8-12-16-20)17-19-13-9-7-10-14-19/h7-16,18H,5-6,17H2,1-4H3. The maximum Gasteiger partial charge on any atom is 0.331 e. The van der Waals surface area contributed by atoms with Gasteiger partial charge in [-0.05, 0) is 38.4 Å². The fraction of sp³-hybridized carbons (Fsp3) is 0.409. The Morgan fingerprint density at radius 3 is 2.04 bits per heavy atom. The summed E-state index contributed by atoms with van der Waals surface area (Å²) in [7, 11) is 0. The van der Waals surface area contributed by atoms with Crippen molar-refractivity contribution in [3.05, 3.63) is 71.8 Å². The molecule has 0 saturated heterocycles. The first-order valence-corrected chi connectivity index (χ1v) is 9.09. The Labute approximate surface area is 151 Å². The first-order valence-electron chi connectivity index (χ1n) is 9.09. The maximum atomic E-state index is 13.3. The zero-order valence-corrected chi connectivity index (χ0v) is 15.7. The Bertz CT molecular complexity index is 654. The molecule has 0 aliphatic carbocycles. The van der Waals surface area contributed by atoms with E-state index in [-0.39, 0.29) is 12.0 Å². The molecule has 0 aliphatic rings. The van der Waals surface area contributed by atoms with Crippen molar-refractivity contribution in [1.29, 1.82) is 0 Å². The number of hydrogen-bond donors (Lipinski definition) is 0. The smallest absolute Gasteiger partial charge is 0.331 e. The Morgan fingerprint density at radius 2 is 1.56 bits per heavy atom. The van der Waals surface area contributed by atoms with Crippen molar-refractivity contribution in [2.75, 3.05) is 13.2 Å². The fourth-order valence-corrected chi connectivity index (χ4v) is 3.61. The van der Waals surface area contributed by atoms with Crippen molar-refractivity contribution in [2.24, 2.45) is 0 Å². The number of likely N-dealkylation sites (N-methyl/N-ethyl adjacent to an activating group) is 1. The summed E-state index contributed by atoms with van der Waals surface area (Å²) in [5.74, 6) is -0.180. The summed E-state index contributed by atoms with van der Waals surface area (Å²) in [6, 6.07) is 20.4. The monoisotopic (exact) mass is 339 g/mol. The molecule has 2 aromatic rings. The highest BCUT2D eigenvalue weighted by Crippen LogP contribution is 2.35. The van der Waals surface area contributed by atoms with Crippen molar-refractivity contribution >= 4 is 5.97 Å². The molecule has 3 nitrogen and oxygen atoms in total. The molecule has 0 radical (unpaired) electrons. The van der Waals surface area contributed by atoms with Crippen LogP contribution in [0.5, 0.6) is 0 Å². The second-order valence-corrected chi connectivity index (χ2v) is 6.49. The molecule has 0 heterocycles. The topological polar surface area (TPSA) is 29.5 Å². The van der Waals surface area contributed by atoms with Crippen LogP contribution in [0.4, 0.5) is 0 Å². The molecule has 1 atom stereocenters. The van der Waals surface area contributed by atoms with Crippen molar-refractivity contribution in [3.63, 3.8) is 0 Å². The number of benzene rings is 2. The van der Waals surface area contributed by atoms with Gasteiger partial charge in [0.05, 0.1) is 6.61 Å². The van der Waals surface area contributed by atoms with Gasteiger partial charge in [0.15, 0.2) is 0 Å². The molecule has 0 fully saturated rings. The van der Waals surface area contributed by atoms with Gasteiger partial charge in [0.1, 0.15) is 5.54 Å². The van der Waals surface area contributed by atoms with Crippen LogP contribution in [0.15, 0.2) is 60.7 Å². The molecule has 2 aromatic carbocycles. The van der Waals surface area contributed by atoms with Crippen LogP contribution < -0.4 is 0 Å². The van der Waals surface area contributed by atoms with Crippen LogP contribution >= 0.6 is 0 Å². The van der Waals surface area contributed by atoms with Crippen LogP contribution in [0.1, 0.15) is 38.8 Å². The zero-order valence-electron chi connectivity index (χ0n) is 15.7. The lowest BCUT2D eigenvalue weighted by molar-refractivity contribution is -0.160. The highest BCUT2D eigenvalue weighted by atomic mass is 16.5. The fourth-order valence-electron chi connectivity index (χ4n) is 3.61. The van der Waals surface area contributed by atoms with Crippen LogP contribution in [0.25, 0.3) is 0 Å². The van der Waals surface area contributed by atoms with Gasteiger partial charge in [-0.1, -0.05) is 67.6 Å². The summed E-state index contributed by atoms with van der Waals surface area (Å²) in [4.78, 5) is 15.6. The van der Waals surface area contributed by atoms with Gasteiger partial charge in [0.25, 0.3) is 0 Å². The molecule has 0 bridgehead atoms. The highest BCUT2D eigenvalue weighted by Gasteiger charge is 2.47. The summed E-state index contributed by atoms with van der Waals surface area (Å²) in [6.07, 6.45) is 0.586. The van der Waals surface area contributed by atoms with E-state index in [1.54, 1.807) is 0 Å². The van der Waals surface area contributed by atoms with Crippen LogP contribution in [-0.2, 0) is 21.5 Å². The third-order valence-corrected chi connectivity index (χ3v) is 4.62. The molecule has 3 heteroatoms. The lowest BCUT2D eigenvalue weighted by Crippen LogP contribution is -2.56. The molecule has 134 valence electrons. The number of hydrogen-bond acceptors (Lipinski definition) is 3. The molecule has 0 spiro atoms. The molecule has 0 N–H and O–H groups in total. The lowest BCUT2D eigenvalue weighted by atomic mass is 9.81. The van der Waals surface area contributed by atoms with E-state index >= 15 is 0 Å². The first kappa shape index (κ1) is 19.2. The number of ether oxygens (including phenoxy) is 1. The van der Waals surface area contributed by atoms with E-state index in [1.807, 2.05) is 55.5 Å². The van der Waals surface area contributed by atoms with Crippen molar-refractivity contribution < 1.29 is 9.53 Å². The predicted octanol–water partition coefficient (Wildman–Crippen LogP) is 4.42. The SMILES string of the molecule is CCOC(=O)C(Cc1ccccc1)(c1ccccc1)N(CC)C(C)C. The minimum atomic E-state index is -0.832. The van der Waals surface area contributed by atoms with Gasteiger partial charge >= 0.3 is 5.97 Å². The number of rotatable bonds is 8. The molecule has 0 aromatic heterocycles. The molecule has 25 heavy (non-hydrogen) atoms. The van der Waals surface area contributed by atoms with Gasteiger partial charge in [0, 0.05) is 12.5 Å². The largest absolute Gasteiger partial charge is 0.464 e. The van der Waals surface area contributed by atoms with Crippen molar-refractivity contribution in [1.82, 2.24) is 4.90 Å². The molecule has 1 unspecified atom stereocenters.